The molecule has 0 atom stereocenters. The van der Waals surface area contributed by atoms with Crippen LogP contribution in [0.2, 0.25) is 0 Å². The molecular weight excluding hydrogens is 154 g/mol. The van der Waals surface area contributed by atoms with E-state index in [-0.39, 0.29) is 17.7 Å². The Morgan fingerprint density at radius 3 is 2.17 bits per heavy atom. The first-order chi connectivity index (χ1) is 4.89. The van der Waals surface area contributed by atoms with Crippen molar-refractivity contribution in [2.45, 2.75) is 39.7 Å². The Bertz CT molecular complexity index is 173. The van der Waals surface area contributed by atoms with Crippen LogP contribution in [-0.4, -0.2) is 11.6 Å². The van der Waals surface area contributed by atoms with Gasteiger partial charge < -0.3 is 10.9 Å². The molecule has 0 rings (SSSR count). The van der Waals surface area contributed by atoms with Gasteiger partial charge in [0.2, 0.25) is 0 Å². The zero-order valence-corrected chi connectivity index (χ0v) is 8.44. The van der Waals surface area contributed by atoms with Gasteiger partial charge in [0, 0.05) is 5.57 Å². The lowest BCUT2D eigenvalue weighted by Crippen LogP contribution is -2.27. The molecule has 0 saturated heterocycles. The summed E-state index contributed by atoms with van der Waals surface area (Å²) in [6.07, 6.45) is 0.812. The summed E-state index contributed by atoms with van der Waals surface area (Å²) in [6.45, 7) is 10.9. The molecule has 0 aliphatic heterocycles. The number of carbonyl (C=O) groups is 1. The largest absolute Gasteiger partial charge is 0.456 e. The van der Waals surface area contributed by atoms with E-state index in [0.29, 0.717) is 5.57 Å². The van der Waals surface area contributed by atoms with Crippen LogP contribution < -0.4 is 6.15 Å². The van der Waals surface area contributed by atoms with Crippen molar-refractivity contribution in [1.82, 2.24) is 6.15 Å². The molecule has 3 heteroatoms. The number of hydrogen-bond donors (Lipinski definition) is 1. The summed E-state index contributed by atoms with van der Waals surface area (Å²) in [4.78, 5) is 11.0. The standard InChI is InChI=1S/C9H16O2.H3N/c1-6-9(4,5)11-8(10)7(2)3;/h2,6H2,1,3-5H3;1H3. The summed E-state index contributed by atoms with van der Waals surface area (Å²) < 4.78 is 5.11. The van der Waals surface area contributed by atoms with Crippen LogP contribution in [0.25, 0.3) is 0 Å². The fourth-order valence-corrected chi connectivity index (χ4v) is 0.410. The zero-order chi connectivity index (χ0) is 9.07. The van der Waals surface area contributed by atoms with E-state index in [4.69, 9.17) is 4.74 Å². The molecule has 72 valence electrons. The van der Waals surface area contributed by atoms with E-state index >= 15 is 0 Å². The van der Waals surface area contributed by atoms with Gasteiger partial charge in [0.05, 0.1) is 0 Å². The summed E-state index contributed by atoms with van der Waals surface area (Å²) in [5.41, 5.74) is 0.0854. The average molecular weight is 173 g/mol. The van der Waals surface area contributed by atoms with Crippen LogP contribution in [-0.2, 0) is 9.53 Å². The van der Waals surface area contributed by atoms with E-state index in [1.54, 1.807) is 6.92 Å². The Morgan fingerprint density at radius 1 is 1.50 bits per heavy atom. The number of carbonyl (C=O) groups excluding carboxylic acids is 1. The highest BCUT2D eigenvalue weighted by Gasteiger charge is 2.20. The highest BCUT2D eigenvalue weighted by Crippen LogP contribution is 2.14. The molecule has 0 aromatic carbocycles. The van der Waals surface area contributed by atoms with Gasteiger partial charge in [0.25, 0.3) is 0 Å². The third-order valence-corrected chi connectivity index (χ3v) is 1.57. The van der Waals surface area contributed by atoms with Gasteiger partial charge >= 0.3 is 5.97 Å². The SMILES string of the molecule is C=C(C)C(=O)OC(C)(C)CC.N. The predicted octanol–water partition coefficient (Wildman–Crippen LogP) is 2.46. The third kappa shape index (κ3) is 4.91. The number of rotatable bonds is 3. The molecule has 3 nitrogen and oxygen atoms in total. The summed E-state index contributed by atoms with van der Waals surface area (Å²) in [6, 6.07) is 0. The van der Waals surface area contributed by atoms with E-state index in [2.05, 4.69) is 6.58 Å². The Hall–Kier alpha value is -0.830. The van der Waals surface area contributed by atoms with Crippen LogP contribution in [0.1, 0.15) is 34.1 Å². The van der Waals surface area contributed by atoms with Crippen LogP contribution in [0.3, 0.4) is 0 Å². The third-order valence-electron chi connectivity index (χ3n) is 1.57. The summed E-state index contributed by atoms with van der Waals surface area (Å²) in [5.74, 6) is -0.308. The highest BCUT2D eigenvalue weighted by molar-refractivity contribution is 5.87. The topological polar surface area (TPSA) is 61.3 Å². The minimum absolute atomic E-state index is 0. The lowest BCUT2D eigenvalue weighted by molar-refractivity contribution is -0.151. The van der Waals surface area contributed by atoms with Crippen molar-refractivity contribution in [1.29, 1.82) is 0 Å². The number of hydrogen-bond acceptors (Lipinski definition) is 3. The van der Waals surface area contributed by atoms with Crippen molar-refractivity contribution in [3.05, 3.63) is 12.2 Å². The molecule has 0 amide bonds. The van der Waals surface area contributed by atoms with Crippen LogP contribution in [0.15, 0.2) is 12.2 Å². The van der Waals surface area contributed by atoms with Crippen molar-refractivity contribution in [3.8, 4) is 0 Å². The first-order valence-electron chi connectivity index (χ1n) is 3.78. The first-order valence-corrected chi connectivity index (χ1v) is 3.78. The smallest absolute Gasteiger partial charge is 0.333 e. The Kier molecular flexibility index (Phi) is 5.64. The Labute approximate surface area is 74.4 Å². The lowest BCUT2D eigenvalue weighted by Gasteiger charge is -2.23. The van der Waals surface area contributed by atoms with E-state index < -0.39 is 0 Å². The predicted molar refractivity (Wildman–Crippen MR) is 50.3 cm³/mol. The second kappa shape index (κ2) is 4.93. The summed E-state index contributed by atoms with van der Waals surface area (Å²) in [7, 11) is 0. The van der Waals surface area contributed by atoms with Gasteiger partial charge in [-0.25, -0.2) is 4.79 Å². The number of esters is 1. The molecule has 0 aliphatic carbocycles. The molecule has 0 aliphatic rings. The lowest BCUT2D eigenvalue weighted by atomic mass is 10.1. The fourth-order valence-electron chi connectivity index (χ4n) is 0.410. The zero-order valence-electron chi connectivity index (χ0n) is 8.44. The second-order valence-corrected chi connectivity index (χ2v) is 3.28. The minimum atomic E-state index is -0.365. The molecule has 0 radical (unpaired) electrons. The van der Waals surface area contributed by atoms with Crippen molar-refractivity contribution in [2.24, 2.45) is 0 Å². The maximum absolute atomic E-state index is 11.0. The monoisotopic (exact) mass is 173 g/mol. The summed E-state index contributed by atoms with van der Waals surface area (Å²) in [5, 5.41) is 0. The molecular formula is C9H19NO2. The Balaban J connectivity index is 0. The molecule has 0 fully saturated rings. The average Bonchev–Trinajstić information content (AvgIpc) is 1.87. The van der Waals surface area contributed by atoms with E-state index in [9.17, 15) is 4.79 Å². The first kappa shape index (κ1) is 13.7. The van der Waals surface area contributed by atoms with Crippen LogP contribution >= 0.6 is 0 Å². The fraction of sp³-hybridized carbons (Fsp3) is 0.667. The van der Waals surface area contributed by atoms with E-state index in [0.717, 1.165) is 6.42 Å². The van der Waals surface area contributed by atoms with Gasteiger partial charge in [-0.05, 0) is 27.2 Å². The van der Waals surface area contributed by atoms with Gasteiger partial charge in [-0.15, -0.1) is 0 Å². The minimum Gasteiger partial charge on any atom is -0.456 e. The molecule has 12 heavy (non-hydrogen) atoms. The maximum Gasteiger partial charge on any atom is 0.333 e. The van der Waals surface area contributed by atoms with E-state index in [1.807, 2.05) is 20.8 Å². The molecule has 0 saturated carbocycles. The van der Waals surface area contributed by atoms with E-state index in [1.165, 1.54) is 0 Å². The highest BCUT2D eigenvalue weighted by atomic mass is 16.6. The Morgan fingerprint density at radius 2 is 1.92 bits per heavy atom. The van der Waals surface area contributed by atoms with Crippen LogP contribution in [0.4, 0.5) is 0 Å². The molecule has 0 aromatic rings. The van der Waals surface area contributed by atoms with Crippen molar-refractivity contribution in [2.75, 3.05) is 0 Å². The van der Waals surface area contributed by atoms with Gasteiger partial charge in [0.15, 0.2) is 0 Å². The van der Waals surface area contributed by atoms with Gasteiger partial charge in [-0.1, -0.05) is 13.5 Å². The van der Waals surface area contributed by atoms with Crippen molar-refractivity contribution >= 4 is 5.97 Å². The van der Waals surface area contributed by atoms with Crippen molar-refractivity contribution in [3.63, 3.8) is 0 Å². The summed E-state index contributed by atoms with van der Waals surface area (Å²) >= 11 is 0. The molecule has 0 spiro atoms. The van der Waals surface area contributed by atoms with Gasteiger partial charge in [-0.2, -0.15) is 0 Å². The number of ether oxygens (including phenoxy) is 1. The quantitative estimate of drug-likeness (QED) is 0.526. The molecule has 0 heterocycles. The maximum atomic E-state index is 11.0. The molecule has 0 unspecified atom stereocenters. The molecule has 0 aromatic heterocycles. The van der Waals surface area contributed by atoms with Crippen LogP contribution in [0, 0.1) is 0 Å². The van der Waals surface area contributed by atoms with Crippen molar-refractivity contribution < 1.29 is 9.53 Å². The normalized spacial score (nSPS) is 10.0. The van der Waals surface area contributed by atoms with Gasteiger partial charge in [-0.3, -0.25) is 0 Å². The molecule has 0 bridgehead atoms. The molecule has 3 N–H and O–H groups in total. The second-order valence-electron chi connectivity index (χ2n) is 3.28. The van der Waals surface area contributed by atoms with Crippen LogP contribution in [0.5, 0.6) is 0 Å². The van der Waals surface area contributed by atoms with Gasteiger partial charge in [0.1, 0.15) is 5.60 Å².